The Balaban J connectivity index is 2.14. The zero-order valence-electron chi connectivity index (χ0n) is 11.6. The summed E-state index contributed by atoms with van der Waals surface area (Å²) in [6, 6.07) is 8.94. The van der Waals surface area contributed by atoms with Crippen LogP contribution in [-0.2, 0) is 6.42 Å². The molecule has 0 bridgehead atoms. The van der Waals surface area contributed by atoms with E-state index in [1.807, 2.05) is 0 Å². The maximum atomic E-state index is 3.47. The molecule has 1 unspecified atom stereocenters. The summed E-state index contributed by atoms with van der Waals surface area (Å²) in [7, 11) is 0. The van der Waals surface area contributed by atoms with Crippen LogP contribution in [0.3, 0.4) is 0 Å². The van der Waals surface area contributed by atoms with Crippen molar-refractivity contribution in [3.8, 4) is 0 Å². The van der Waals surface area contributed by atoms with Gasteiger partial charge in [-0.25, -0.2) is 0 Å². The number of nitrogens with one attached hydrogen (secondary N) is 1. The van der Waals surface area contributed by atoms with Crippen molar-refractivity contribution < 1.29 is 0 Å². The van der Waals surface area contributed by atoms with E-state index < -0.39 is 0 Å². The van der Waals surface area contributed by atoms with Gasteiger partial charge in [0.2, 0.25) is 0 Å². The molecular weight excluding hydrogens is 206 g/mol. The SMILES string of the molecule is CCCNCCC(C)CCc1ccc(C)cc1. The number of hydrogen-bond acceptors (Lipinski definition) is 1. The normalized spacial score (nSPS) is 12.6. The molecule has 1 aromatic carbocycles. The number of hydrogen-bond donors (Lipinski definition) is 1. The fraction of sp³-hybridized carbons (Fsp3) is 0.625. The van der Waals surface area contributed by atoms with Crippen molar-refractivity contribution in [1.82, 2.24) is 5.32 Å². The Bertz CT molecular complexity index is 289. The molecule has 17 heavy (non-hydrogen) atoms. The number of benzene rings is 1. The third kappa shape index (κ3) is 6.48. The average Bonchev–Trinajstić information content (AvgIpc) is 2.34. The third-order valence-corrected chi connectivity index (χ3v) is 3.29. The maximum Gasteiger partial charge on any atom is -0.00464 e. The Morgan fingerprint density at radius 2 is 1.76 bits per heavy atom. The average molecular weight is 233 g/mol. The summed E-state index contributed by atoms with van der Waals surface area (Å²) < 4.78 is 0. The summed E-state index contributed by atoms with van der Waals surface area (Å²) >= 11 is 0. The van der Waals surface area contributed by atoms with Gasteiger partial charge < -0.3 is 5.32 Å². The molecule has 1 atom stereocenters. The minimum absolute atomic E-state index is 0.820. The first-order valence-electron chi connectivity index (χ1n) is 6.98. The van der Waals surface area contributed by atoms with E-state index in [2.05, 4.69) is 50.4 Å². The van der Waals surface area contributed by atoms with Gasteiger partial charge >= 0.3 is 0 Å². The van der Waals surface area contributed by atoms with Crippen molar-refractivity contribution in [3.63, 3.8) is 0 Å². The van der Waals surface area contributed by atoms with Crippen molar-refractivity contribution in [2.45, 2.75) is 46.5 Å². The van der Waals surface area contributed by atoms with Gasteiger partial charge in [-0.15, -0.1) is 0 Å². The molecule has 0 saturated heterocycles. The lowest BCUT2D eigenvalue weighted by atomic mass is 9.98. The highest BCUT2D eigenvalue weighted by atomic mass is 14.8. The highest BCUT2D eigenvalue weighted by molar-refractivity contribution is 5.21. The Labute approximate surface area is 107 Å². The molecule has 1 heteroatoms. The van der Waals surface area contributed by atoms with E-state index in [4.69, 9.17) is 0 Å². The highest BCUT2D eigenvalue weighted by Gasteiger charge is 2.02. The molecule has 0 amide bonds. The zero-order valence-corrected chi connectivity index (χ0v) is 11.6. The van der Waals surface area contributed by atoms with Gasteiger partial charge in [-0.3, -0.25) is 0 Å². The van der Waals surface area contributed by atoms with Crippen LogP contribution in [0, 0.1) is 12.8 Å². The van der Waals surface area contributed by atoms with Crippen molar-refractivity contribution in [3.05, 3.63) is 35.4 Å². The summed E-state index contributed by atoms with van der Waals surface area (Å²) in [5, 5.41) is 3.47. The van der Waals surface area contributed by atoms with Crippen molar-refractivity contribution in [2.75, 3.05) is 13.1 Å². The van der Waals surface area contributed by atoms with Crippen molar-refractivity contribution in [1.29, 1.82) is 0 Å². The lowest BCUT2D eigenvalue weighted by Gasteiger charge is -2.11. The molecule has 0 aliphatic carbocycles. The Morgan fingerprint density at radius 3 is 2.41 bits per heavy atom. The van der Waals surface area contributed by atoms with Gasteiger partial charge in [0.05, 0.1) is 0 Å². The van der Waals surface area contributed by atoms with Crippen LogP contribution in [0.15, 0.2) is 24.3 Å². The van der Waals surface area contributed by atoms with Gasteiger partial charge in [0.1, 0.15) is 0 Å². The molecule has 0 heterocycles. The lowest BCUT2D eigenvalue weighted by Crippen LogP contribution is -2.18. The maximum absolute atomic E-state index is 3.47. The van der Waals surface area contributed by atoms with E-state index in [-0.39, 0.29) is 0 Å². The molecule has 1 N–H and O–H groups in total. The zero-order chi connectivity index (χ0) is 12.5. The molecule has 0 spiro atoms. The van der Waals surface area contributed by atoms with Gasteiger partial charge in [-0.05, 0) is 57.2 Å². The second kappa shape index (κ2) is 8.30. The molecule has 1 aromatic rings. The largest absolute Gasteiger partial charge is 0.317 e. The van der Waals surface area contributed by atoms with E-state index in [9.17, 15) is 0 Å². The third-order valence-electron chi connectivity index (χ3n) is 3.29. The molecule has 1 nitrogen and oxygen atoms in total. The molecule has 0 aliphatic rings. The second-order valence-corrected chi connectivity index (χ2v) is 5.17. The monoisotopic (exact) mass is 233 g/mol. The Morgan fingerprint density at radius 1 is 1.06 bits per heavy atom. The minimum atomic E-state index is 0.820. The van der Waals surface area contributed by atoms with E-state index in [0.29, 0.717) is 0 Å². The first-order valence-corrected chi connectivity index (χ1v) is 6.98. The van der Waals surface area contributed by atoms with Crippen LogP contribution < -0.4 is 5.32 Å². The van der Waals surface area contributed by atoms with E-state index in [1.54, 1.807) is 0 Å². The first kappa shape index (κ1) is 14.2. The standard InChI is InChI=1S/C16H27N/c1-4-12-17-13-11-15(3)7-10-16-8-5-14(2)6-9-16/h5-6,8-9,15,17H,4,7,10-13H2,1-3H3. The highest BCUT2D eigenvalue weighted by Crippen LogP contribution is 2.12. The van der Waals surface area contributed by atoms with Crippen LogP contribution in [0.25, 0.3) is 0 Å². The first-order chi connectivity index (χ1) is 8.22. The molecule has 0 radical (unpaired) electrons. The van der Waals surface area contributed by atoms with Gasteiger partial charge in [0, 0.05) is 0 Å². The number of rotatable bonds is 8. The van der Waals surface area contributed by atoms with Crippen LogP contribution >= 0.6 is 0 Å². The Kier molecular flexibility index (Phi) is 6.95. The van der Waals surface area contributed by atoms with Crippen molar-refractivity contribution >= 4 is 0 Å². The summed E-state index contributed by atoms with van der Waals surface area (Å²) in [4.78, 5) is 0. The fourth-order valence-electron chi connectivity index (χ4n) is 1.96. The lowest BCUT2D eigenvalue weighted by molar-refractivity contribution is 0.470. The molecule has 1 rings (SSSR count). The van der Waals surface area contributed by atoms with Crippen LogP contribution in [0.5, 0.6) is 0 Å². The summed E-state index contributed by atoms with van der Waals surface area (Å²) in [5.74, 6) is 0.820. The molecular formula is C16H27N. The molecule has 0 saturated carbocycles. The Hall–Kier alpha value is -0.820. The van der Waals surface area contributed by atoms with Gasteiger partial charge in [0.25, 0.3) is 0 Å². The predicted molar refractivity (Wildman–Crippen MR) is 76.4 cm³/mol. The van der Waals surface area contributed by atoms with E-state index in [0.717, 1.165) is 12.5 Å². The van der Waals surface area contributed by atoms with Crippen LogP contribution in [0.2, 0.25) is 0 Å². The van der Waals surface area contributed by atoms with Crippen LogP contribution in [0.1, 0.15) is 44.2 Å². The summed E-state index contributed by atoms with van der Waals surface area (Å²) in [6.45, 7) is 9.05. The van der Waals surface area contributed by atoms with E-state index in [1.165, 1.54) is 43.4 Å². The molecule has 0 aromatic heterocycles. The minimum Gasteiger partial charge on any atom is -0.317 e. The quantitative estimate of drug-likeness (QED) is 0.670. The van der Waals surface area contributed by atoms with Gasteiger partial charge in [0.15, 0.2) is 0 Å². The van der Waals surface area contributed by atoms with Gasteiger partial charge in [-0.2, -0.15) is 0 Å². The van der Waals surface area contributed by atoms with Gasteiger partial charge in [-0.1, -0.05) is 43.7 Å². The summed E-state index contributed by atoms with van der Waals surface area (Å²) in [6.07, 6.45) is 5.05. The van der Waals surface area contributed by atoms with Crippen molar-refractivity contribution in [2.24, 2.45) is 5.92 Å². The number of aryl methyl sites for hydroxylation is 2. The smallest absolute Gasteiger partial charge is 0.00464 e. The van der Waals surface area contributed by atoms with Crippen LogP contribution in [0.4, 0.5) is 0 Å². The predicted octanol–water partition coefficient (Wildman–Crippen LogP) is 3.95. The fourth-order valence-corrected chi connectivity index (χ4v) is 1.96. The van der Waals surface area contributed by atoms with E-state index >= 15 is 0 Å². The topological polar surface area (TPSA) is 12.0 Å². The van der Waals surface area contributed by atoms with Crippen LogP contribution in [-0.4, -0.2) is 13.1 Å². The summed E-state index contributed by atoms with van der Waals surface area (Å²) in [5.41, 5.74) is 2.83. The molecule has 0 aliphatic heterocycles. The molecule has 0 fully saturated rings. The molecule has 96 valence electrons. The second-order valence-electron chi connectivity index (χ2n) is 5.17.